The summed E-state index contributed by atoms with van der Waals surface area (Å²) in [5.74, 6) is -2.59. The van der Waals surface area contributed by atoms with Crippen molar-refractivity contribution >= 4 is 23.9 Å². The second-order valence-corrected chi connectivity index (χ2v) is 14.0. The van der Waals surface area contributed by atoms with Gasteiger partial charge in [0.05, 0.1) is 12.8 Å². The van der Waals surface area contributed by atoms with Gasteiger partial charge in [-0.3, -0.25) is 19.2 Å². The maximum absolute atomic E-state index is 12.5. The van der Waals surface area contributed by atoms with E-state index >= 15 is 0 Å². The minimum Gasteiger partial charge on any atom is -0.481 e. The number of rotatable bonds is 38. The van der Waals surface area contributed by atoms with E-state index in [9.17, 15) is 19.2 Å². The lowest BCUT2D eigenvalue weighted by Gasteiger charge is -2.18. The Morgan fingerprint density at radius 1 is 0.431 bits per heavy atom. The molecule has 296 valence electrons. The molecule has 0 amide bonds. The molecule has 8 nitrogen and oxygen atoms in total. The van der Waals surface area contributed by atoms with Crippen molar-refractivity contribution in [1.29, 1.82) is 0 Å². The molecule has 0 aromatic rings. The Hall–Kier alpha value is -2.64. The van der Waals surface area contributed by atoms with E-state index in [2.05, 4.69) is 38.2 Å². The van der Waals surface area contributed by atoms with Crippen LogP contribution in [0.2, 0.25) is 0 Å². The monoisotopic (exact) mass is 721 g/mol. The number of carbonyl (C=O) groups is 4. The second-order valence-electron chi connectivity index (χ2n) is 14.0. The Morgan fingerprint density at radius 3 is 1.16 bits per heavy atom. The molecule has 1 unspecified atom stereocenters. The van der Waals surface area contributed by atoms with Crippen LogP contribution in [0.4, 0.5) is 0 Å². The highest BCUT2D eigenvalue weighted by molar-refractivity contribution is 5.76. The standard InChI is InChI=1S/C43H76O8/c1-3-5-7-9-11-13-15-17-19-21-23-25-27-29-31-33-41(46)49-37-39(38-50-42(47)36-35-40(44)45)51-43(48)34-32-30-28-26-24-22-20-18-16-14-12-10-8-6-4-2/h17-20,39H,3-16,21-38H2,1-2H3,(H,44,45)/b19-17-,20-18-. The summed E-state index contributed by atoms with van der Waals surface area (Å²) in [5, 5.41) is 8.80. The third-order valence-electron chi connectivity index (χ3n) is 8.99. The number of hydrogen-bond acceptors (Lipinski definition) is 7. The predicted octanol–water partition coefficient (Wildman–Crippen LogP) is 11.9. The zero-order valence-corrected chi connectivity index (χ0v) is 32.8. The van der Waals surface area contributed by atoms with Gasteiger partial charge in [-0.1, -0.05) is 141 Å². The van der Waals surface area contributed by atoms with E-state index in [0.717, 1.165) is 70.6 Å². The van der Waals surface area contributed by atoms with Gasteiger partial charge in [-0.05, 0) is 64.2 Å². The van der Waals surface area contributed by atoms with Crippen molar-refractivity contribution in [3.05, 3.63) is 24.3 Å². The maximum Gasteiger partial charge on any atom is 0.306 e. The lowest BCUT2D eigenvalue weighted by Crippen LogP contribution is -2.31. The number of carbonyl (C=O) groups excluding carboxylic acids is 3. The zero-order chi connectivity index (χ0) is 37.5. The molecule has 0 aromatic heterocycles. The van der Waals surface area contributed by atoms with Crippen LogP contribution >= 0.6 is 0 Å². The first-order valence-electron chi connectivity index (χ1n) is 20.9. The molecule has 1 N–H and O–H groups in total. The quantitative estimate of drug-likeness (QED) is 0.0290. The van der Waals surface area contributed by atoms with Crippen LogP contribution < -0.4 is 0 Å². The number of esters is 3. The third kappa shape index (κ3) is 38.4. The van der Waals surface area contributed by atoms with Crippen molar-refractivity contribution in [2.75, 3.05) is 13.2 Å². The normalized spacial score (nSPS) is 12.0. The summed E-state index contributed by atoms with van der Waals surface area (Å²) in [6, 6.07) is 0. The maximum atomic E-state index is 12.5. The molecular formula is C43H76O8. The minimum atomic E-state index is -1.10. The summed E-state index contributed by atoms with van der Waals surface area (Å²) in [5.41, 5.74) is 0. The number of carboxylic acids is 1. The van der Waals surface area contributed by atoms with Crippen LogP contribution in [0, 0.1) is 0 Å². The van der Waals surface area contributed by atoms with Crippen molar-refractivity contribution < 1.29 is 38.5 Å². The Labute approximate surface area is 311 Å². The molecule has 8 heteroatoms. The summed E-state index contributed by atoms with van der Waals surface area (Å²) >= 11 is 0. The highest BCUT2D eigenvalue weighted by atomic mass is 16.6. The molecule has 0 bridgehead atoms. The van der Waals surface area contributed by atoms with Crippen molar-refractivity contribution in [2.24, 2.45) is 0 Å². The minimum absolute atomic E-state index is 0.200. The smallest absolute Gasteiger partial charge is 0.306 e. The summed E-state index contributed by atoms with van der Waals surface area (Å²) in [7, 11) is 0. The predicted molar refractivity (Wildman–Crippen MR) is 208 cm³/mol. The Morgan fingerprint density at radius 2 is 0.765 bits per heavy atom. The average molecular weight is 721 g/mol. The van der Waals surface area contributed by atoms with Crippen LogP contribution in [-0.4, -0.2) is 48.3 Å². The molecule has 0 aromatic carbocycles. The van der Waals surface area contributed by atoms with Gasteiger partial charge in [-0.25, -0.2) is 0 Å². The number of hydrogen-bond donors (Lipinski definition) is 1. The first-order valence-corrected chi connectivity index (χ1v) is 20.9. The van der Waals surface area contributed by atoms with Gasteiger partial charge in [0.25, 0.3) is 0 Å². The van der Waals surface area contributed by atoms with Crippen molar-refractivity contribution in [2.45, 2.75) is 213 Å². The van der Waals surface area contributed by atoms with Gasteiger partial charge in [0, 0.05) is 12.8 Å². The highest BCUT2D eigenvalue weighted by Gasteiger charge is 2.20. The fraction of sp³-hybridized carbons (Fsp3) is 0.814. The Bertz CT molecular complexity index is 896. The van der Waals surface area contributed by atoms with Crippen LogP contribution in [0.1, 0.15) is 206 Å². The Balaban J connectivity index is 4.16. The van der Waals surface area contributed by atoms with Gasteiger partial charge in [-0.2, -0.15) is 0 Å². The largest absolute Gasteiger partial charge is 0.481 e. The molecule has 0 aliphatic heterocycles. The molecule has 0 aliphatic rings. The summed E-state index contributed by atoms with van der Waals surface area (Å²) < 4.78 is 16.0. The zero-order valence-electron chi connectivity index (χ0n) is 32.8. The van der Waals surface area contributed by atoms with Crippen molar-refractivity contribution in [3.8, 4) is 0 Å². The molecule has 0 saturated carbocycles. The van der Waals surface area contributed by atoms with Crippen LogP contribution in [0.5, 0.6) is 0 Å². The van der Waals surface area contributed by atoms with Gasteiger partial charge in [0.2, 0.25) is 0 Å². The van der Waals surface area contributed by atoms with Gasteiger partial charge in [0.1, 0.15) is 13.2 Å². The highest BCUT2D eigenvalue weighted by Crippen LogP contribution is 2.13. The first kappa shape index (κ1) is 48.4. The fourth-order valence-electron chi connectivity index (χ4n) is 5.77. The van der Waals surface area contributed by atoms with Gasteiger partial charge >= 0.3 is 23.9 Å². The van der Waals surface area contributed by atoms with Crippen LogP contribution in [-0.2, 0) is 33.4 Å². The fourth-order valence-corrected chi connectivity index (χ4v) is 5.77. The van der Waals surface area contributed by atoms with Gasteiger partial charge < -0.3 is 19.3 Å². The van der Waals surface area contributed by atoms with Crippen molar-refractivity contribution in [3.63, 3.8) is 0 Å². The van der Waals surface area contributed by atoms with E-state index in [1.165, 1.54) is 89.9 Å². The molecular weight excluding hydrogens is 644 g/mol. The molecule has 1 atom stereocenters. The van der Waals surface area contributed by atoms with E-state index in [-0.39, 0.29) is 44.9 Å². The lowest BCUT2D eigenvalue weighted by molar-refractivity contribution is -0.167. The topological polar surface area (TPSA) is 116 Å². The summed E-state index contributed by atoms with van der Waals surface area (Å²) in [6.07, 6.45) is 38.7. The summed E-state index contributed by atoms with van der Waals surface area (Å²) in [4.78, 5) is 47.6. The van der Waals surface area contributed by atoms with Gasteiger partial charge in [-0.15, -0.1) is 0 Å². The molecule has 0 spiro atoms. The van der Waals surface area contributed by atoms with E-state index in [1.807, 2.05) is 0 Å². The van der Waals surface area contributed by atoms with E-state index in [4.69, 9.17) is 19.3 Å². The number of ether oxygens (including phenoxy) is 3. The molecule has 51 heavy (non-hydrogen) atoms. The van der Waals surface area contributed by atoms with E-state index in [1.54, 1.807) is 0 Å². The molecule has 0 fully saturated rings. The molecule has 0 rings (SSSR count). The molecule has 0 heterocycles. The third-order valence-corrected chi connectivity index (χ3v) is 8.99. The van der Waals surface area contributed by atoms with Crippen LogP contribution in [0.25, 0.3) is 0 Å². The number of allylic oxidation sites excluding steroid dienone is 4. The SMILES string of the molecule is CCCCCCCC/C=C\CCCCCCCC(=O)OCC(COC(=O)CCC(=O)O)OC(=O)CCCCCCC/C=C\CCCCCCCC. The second kappa shape index (κ2) is 38.6. The average Bonchev–Trinajstić information content (AvgIpc) is 3.11. The summed E-state index contributed by atoms with van der Waals surface area (Å²) in [6.45, 7) is 4.01. The number of aliphatic carboxylic acids is 1. The van der Waals surface area contributed by atoms with Gasteiger partial charge in [0.15, 0.2) is 6.10 Å². The van der Waals surface area contributed by atoms with Crippen molar-refractivity contribution in [1.82, 2.24) is 0 Å². The van der Waals surface area contributed by atoms with Crippen LogP contribution in [0.15, 0.2) is 24.3 Å². The molecule has 0 aliphatic carbocycles. The molecule has 0 saturated heterocycles. The number of carboxylic acid groups (broad SMARTS) is 1. The number of unbranched alkanes of at least 4 members (excludes halogenated alkanes) is 22. The molecule has 0 radical (unpaired) electrons. The lowest BCUT2D eigenvalue weighted by atomic mass is 10.1. The van der Waals surface area contributed by atoms with E-state index in [0.29, 0.717) is 6.42 Å². The first-order chi connectivity index (χ1) is 24.9. The van der Waals surface area contributed by atoms with E-state index < -0.39 is 24.0 Å². The van der Waals surface area contributed by atoms with Crippen LogP contribution in [0.3, 0.4) is 0 Å². The Kier molecular flexibility index (Phi) is 36.6.